The summed E-state index contributed by atoms with van der Waals surface area (Å²) in [7, 11) is 0. The molecule has 0 atom stereocenters. The second-order valence-electron chi connectivity index (χ2n) is 4.70. The van der Waals surface area contributed by atoms with Crippen molar-refractivity contribution in [3.63, 3.8) is 0 Å². The van der Waals surface area contributed by atoms with Crippen molar-refractivity contribution >= 4 is 22.7 Å². The Morgan fingerprint density at radius 1 is 1.39 bits per heavy atom. The number of hydrogen-bond acceptors (Lipinski definition) is 3. The van der Waals surface area contributed by atoms with E-state index in [9.17, 15) is 4.39 Å². The zero-order chi connectivity index (χ0) is 12.5. The Bertz CT molecular complexity index is 524. The quantitative estimate of drug-likeness (QED) is 0.923. The highest BCUT2D eigenvalue weighted by Crippen LogP contribution is 2.24. The van der Waals surface area contributed by atoms with E-state index in [-0.39, 0.29) is 5.02 Å². The fourth-order valence-corrected chi connectivity index (χ4v) is 2.57. The molecular weight excluding hydrogens is 255 g/mol. The summed E-state index contributed by atoms with van der Waals surface area (Å²) in [5.74, 6) is 0.106. The minimum Gasteiger partial charge on any atom is -0.439 e. The highest BCUT2D eigenvalue weighted by Gasteiger charge is 2.15. The smallest absolute Gasteiger partial charge is 0.209 e. The molecule has 1 saturated carbocycles. The molecule has 1 heterocycles. The van der Waals surface area contributed by atoms with E-state index in [1.54, 1.807) is 0 Å². The first-order valence-electron chi connectivity index (χ1n) is 6.20. The van der Waals surface area contributed by atoms with E-state index in [2.05, 4.69) is 10.3 Å². The number of hydrogen-bond donors (Lipinski definition) is 1. The number of benzene rings is 1. The summed E-state index contributed by atoms with van der Waals surface area (Å²) in [6, 6.07) is 3.33. The molecule has 1 aliphatic rings. The van der Waals surface area contributed by atoms with Crippen LogP contribution < -0.4 is 5.32 Å². The average Bonchev–Trinajstić information content (AvgIpc) is 2.96. The van der Waals surface area contributed by atoms with Crippen molar-refractivity contribution in [3.8, 4) is 0 Å². The van der Waals surface area contributed by atoms with Crippen molar-refractivity contribution in [2.75, 3.05) is 0 Å². The molecule has 96 valence electrons. The van der Waals surface area contributed by atoms with Gasteiger partial charge in [-0.1, -0.05) is 24.4 Å². The van der Waals surface area contributed by atoms with Gasteiger partial charge in [-0.15, -0.1) is 0 Å². The van der Waals surface area contributed by atoms with Gasteiger partial charge in [0.2, 0.25) is 5.89 Å². The molecule has 2 aromatic rings. The molecule has 0 bridgehead atoms. The van der Waals surface area contributed by atoms with Gasteiger partial charge in [-0.05, 0) is 18.9 Å². The zero-order valence-corrected chi connectivity index (χ0v) is 10.6. The number of aromatic nitrogens is 1. The van der Waals surface area contributed by atoms with Gasteiger partial charge >= 0.3 is 0 Å². The molecule has 0 radical (unpaired) electrons. The van der Waals surface area contributed by atoms with Gasteiger partial charge in [-0.25, -0.2) is 9.37 Å². The summed E-state index contributed by atoms with van der Waals surface area (Å²) in [5, 5.41) is 3.48. The Hall–Kier alpha value is -1.13. The fourth-order valence-electron chi connectivity index (χ4n) is 2.41. The largest absolute Gasteiger partial charge is 0.439 e. The standard InChI is InChI=1S/C13H14ClFN2O/c14-9-5-11-12(6-10(9)15)18-13(17-11)7-16-8-3-1-2-4-8/h5-6,8,16H,1-4,7H2. The molecule has 0 aliphatic heterocycles. The lowest BCUT2D eigenvalue weighted by Crippen LogP contribution is -2.25. The van der Waals surface area contributed by atoms with Crippen molar-refractivity contribution < 1.29 is 8.81 Å². The summed E-state index contributed by atoms with van der Waals surface area (Å²) in [6.45, 7) is 0.582. The van der Waals surface area contributed by atoms with E-state index in [1.165, 1.54) is 37.8 Å². The van der Waals surface area contributed by atoms with Crippen LogP contribution in [-0.2, 0) is 6.54 Å². The van der Waals surface area contributed by atoms with Crippen LogP contribution in [0, 0.1) is 5.82 Å². The molecule has 1 aromatic carbocycles. The van der Waals surface area contributed by atoms with Crippen LogP contribution in [0.5, 0.6) is 0 Å². The molecule has 0 spiro atoms. The minimum absolute atomic E-state index is 0.0751. The number of halogens is 2. The number of oxazole rings is 1. The second kappa shape index (κ2) is 4.86. The van der Waals surface area contributed by atoms with E-state index in [1.807, 2.05) is 0 Å². The van der Waals surface area contributed by atoms with Crippen LogP contribution in [-0.4, -0.2) is 11.0 Å². The van der Waals surface area contributed by atoms with Crippen molar-refractivity contribution in [1.29, 1.82) is 0 Å². The molecule has 1 aliphatic carbocycles. The summed E-state index contributed by atoms with van der Waals surface area (Å²) < 4.78 is 18.7. The van der Waals surface area contributed by atoms with Crippen molar-refractivity contribution in [3.05, 3.63) is 28.9 Å². The maximum atomic E-state index is 13.3. The van der Waals surface area contributed by atoms with E-state index >= 15 is 0 Å². The molecule has 1 fully saturated rings. The van der Waals surface area contributed by atoms with Gasteiger partial charge in [0.05, 0.1) is 11.6 Å². The van der Waals surface area contributed by atoms with Crippen LogP contribution in [0.15, 0.2) is 16.5 Å². The maximum absolute atomic E-state index is 13.3. The minimum atomic E-state index is -0.476. The fraction of sp³-hybridized carbons (Fsp3) is 0.462. The molecule has 18 heavy (non-hydrogen) atoms. The van der Waals surface area contributed by atoms with E-state index in [0.717, 1.165) is 0 Å². The Balaban J connectivity index is 1.76. The lowest BCUT2D eigenvalue weighted by molar-refractivity contribution is 0.449. The number of fused-ring (bicyclic) bond motifs is 1. The van der Waals surface area contributed by atoms with Gasteiger partial charge in [-0.2, -0.15) is 0 Å². The van der Waals surface area contributed by atoms with Gasteiger partial charge < -0.3 is 9.73 Å². The van der Waals surface area contributed by atoms with Crippen molar-refractivity contribution in [2.24, 2.45) is 0 Å². The first-order chi connectivity index (χ1) is 8.72. The predicted molar refractivity (Wildman–Crippen MR) is 68.1 cm³/mol. The molecule has 1 N–H and O–H groups in total. The molecule has 0 saturated heterocycles. The normalized spacial score (nSPS) is 16.8. The van der Waals surface area contributed by atoms with Crippen LogP contribution >= 0.6 is 11.6 Å². The van der Waals surface area contributed by atoms with Crippen molar-refractivity contribution in [2.45, 2.75) is 38.3 Å². The topological polar surface area (TPSA) is 38.1 Å². The molecule has 0 unspecified atom stereocenters. The average molecular weight is 269 g/mol. The van der Waals surface area contributed by atoms with Gasteiger partial charge in [0.25, 0.3) is 0 Å². The molecule has 0 amide bonds. The lowest BCUT2D eigenvalue weighted by atomic mass is 10.2. The maximum Gasteiger partial charge on any atom is 0.209 e. The van der Waals surface area contributed by atoms with Crippen LogP contribution in [0.1, 0.15) is 31.6 Å². The number of nitrogens with one attached hydrogen (secondary N) is 1. The highest BCUT2D eigenvalue weighted by atomic mass is 35.5. The van der Waals surface area contributed by atoms with Gasteiger partial charge in [0.15, 0.2) is 5.58 Å². The Kier molecular flexibility index (Phi) is 3.22. The third kappa shape index (κ3) is 2.35. The molecule has 3 rings (SSSR count). The number of rotatable bonds is 3. The van der Waals surface area contributed by atoms with Gasteiger partial charge in [0, 0.05) is 12.1 Å². The Morgan fingerprint density at radius 3 is 2.94 bits per heavy atom. The monoisotopic (exact) mass is 268 g/mol. The van der Waals surface area contributed by atoms with E-state index in [0.29, 0.717) is 29.6 Å². The first kappa shape index (κ1) is 11.9. The van der Waals surface area contributed by atoms with Crippen LogP contribution in [0.3, 0.4) is 0 Å². The summed E-state index contributed by atoms with van der Waals surface area (Å²) in [4.78, 5) is 4.30. The van der Waals surface area contributed by atoms with E-state index < -0.39 is 5.82 Å². The molecule has 5 heteroatoms. The van der Waals surface area contributed by atoms with Crippen LogP contribution in [0.25, 0.3) is 11.1 Å². The third-order valence-electron chi connectivity index (χ3n) is 3.37. The van der Waals surface area contributed by atoms with Gasteiger partial charge in [0.1, 0.15) is 11.3 Å². The second-order valence-corrected chi connectivity index (χ2v) is 5.11. The third-order valence-corrected chi connectivity index (χ3v) is 3.66. The van der Waals surface area contributed by atoms with E-state index in [4.69, 9.17) is 16.0 Å². The number of nitrogens with zero attached hydrogens (tertiary/aromatic N) is 1. The Morgan fingerprint density at radius 2 is 2.17 bits per heavy atom. The summed E-state index contributed by atoms with van der Waals surface area (Å²) in [6.07, 6.45) is 4.99. The lowest BCUT2D eigenvalue weighted by Gasteiger charge is -2.08. The van der Waals surface area contributed by atoms with Crippen molar-refractivity contribution in [1.82, 2.24) is 10.3 Å². The summed E-state index contributed by atoms with van der Waals surface area (Å²) in [5.41, 5.74) is 1.05. The Labute approximate surface area is 109 Å². The predicted octanol–water partition coefficient (Wildman–Crippen LogP) is 3.65. The highest BCUT2D eigenvalue weighted by molar-refractivity contribution is 6.31. The van der Waals surface area contributed by atoms with Crippen LogP contribution in [0.2, 0.25) is 5.02 Å². The molecule has 1 aromatic heterocycles. The van der Waals surface area contributed by atoms with Gasteiger partial charge in [-0.3, -0.25) is 0 Å². The summed E-state index contributed by atoms with van der Waals surface area (Å²) >= 11 is 5.71. The molecular formula is C13H14ClFN2O. The SMILES string of the molecule is Fc1cc2oc(CNC3CCCC3)nc2cc1Cl. The first-order valence-corrected chi connectivity index (χ1v) is 6.58. The van der Waals surface area contributed by atoms with Crippen LogP contribution in [0.4, 0.5) is 4.39 Å². The molecule has 3 nitrogen and oxygen atoms in total. The zero-order valence-electron chi connectivity index (χ0n) is 9.88.